The number of hydrogen-bond donors (Lipinski definition) is 3. The first kappa shape index (κ1) is 14.5. The smallest absolute Gasteiger partial charge is 0.333 e. The van der Waals surface area contributed by atoms with Gasteiger partial charge in [-0.2, -0.15) is 0 Å². The number of carbonyl (C=O) groups is 2. The maximum atomic E-state index is 11.7. The van der Waals surface area contributed by atoms with E-state index in [1.165, 1.54) is 19.2 Å². The molecular weight excluding hydrogens is 270 g/mol. The Morgan fingerprint density at radius 1 is 1.19 bits per heavy atom. The van der Waals surface area contributed by atoms with E-state index in [9.17, 15) is 14.7 Å². The van der Waals surface area contributed by atoms with Crippen molar-refractivity contribution in [2.24, 2.45) is 5.73 Å². The van der Waals surface area contributed by atoms with Crippen LogP contribution in [0.5, 0.6) is 0 Å². The summed E-state index contributed by atoms with van der Waals surface area (Å²) in [6.07, 6.45) is 1.46. The molecule has 1 aromatic carbocycles. The number of aliphatic carboxylic acids is 1. The summed E-state index contributed by atoms with van der Waals surface area (Å²) in [6.45, 7) is 1.50. The molecule has 1 aromatic heterocycles. The first-order valence-corrected chi connectivity index (χ1v) is 6.27. The molecule has 2 rings (SSSR count). The number of primary amides is 1. The summed E-state index contributed by atoms with van der Waals surface area (Å²) in [5.74, 6) is -1.63. The number of anilines is 1. The van der Waals surface area contributed by atoms with E-state index in [-0.39, 0.29) is 11.4 Å². The molecule has 0 aliphatic heterocycles. The van der Waals surface area contributed by atoms with Crippen LogP contribution in [0.1, 0.15) is 22.8 Å². The number of aromatic nitrogens is 1. The van der Waals surface area contributed by atoms with Gasteiger partial charge < -0.3 is 16.2 Å². The third-order valence-electron chi connectivity index (χ3n) is 3.22. The maximum absolute atomic E-state index is 11.7. The van der Waals surface area contributed by atoms with E-state index in [0.29, 0.717) is 5.56 Å². The van der Waals surface area contributed by atoms with Crippen molar-refractivity contribution in [2.45, 2.75) is 12.5 Å². The molecule has 0 aliphatic rings. The van der Waals surface area contributed by atoms with Crippen LogP contribution < -0.4 is 11.1 Å². The fourth-order valence-electron chi connectivity index (χ4n) is 1.96. The van der Waals surface area contributed by atoms with Crippen molar-refractivity contribution >= 4 is 17.7 Å². The van der Waals surface area contributed by atoms with E-state index in [2.05, 4.69) is 10.3 Å². The number of amides is 1. The SMILES string of the molecule is CC(Nc1ncccc1C(N)=O)(C(=O)O)c1ccccc1. The van der Waals surface area contributed by atoms with E-state index >= 15 is 0 Å². The highest BCUT2D eigenvalue weighted by Gasteiger charge is 2.36. The predicted octanol–water partition coefficient (Wildman–Crippen LogP) is 1.59. The van der Waals surface area contributed by atoms with Gasteiger partial charge in [0.25, 0.3) is 5.91 Å². The summed E-state index contributed by atoms with van der Waals surface area (Å²) < 4.78 is 0. The van der Waals surface area contributed by atoms with E-state index in [1.54, 1.807) is 36.4 Å². The van der Waals surface area contributed by atoms with Gasteiger partial charge in [0.2, 0.25) is 0 Å². The molecule has 0 saturated carbocycles. The molecule has 0 bridgehead atoms. The van der Waals surface area contributed by atoms with Gasteiger partial charge in [0.05, 0.1) is 5.56 Å². The van der Waals surface area contributed by atoms with Crippen LogP contribution in [-0.4, -0.2) is 22.0 Å². The Balaban J connectivity index is 2.48. The Hall–Kier alpha value is -2.89. The third kappa shape index (κ3) is 2.84. The number of hydrogen-bond acceptors (Lipinski definition) is 4. The summed E-state index contributed by atoms with van der Waals surface area (Å²) in [4.78, 5) is 27.1. The summed E-state index contributed by atoms with van der Waals surface area (Å²) in [5, 5.41) is 12.4. The third-order valence-corrected chi connectivity index (χ3v) is 3.22. The molecule has 1 atom stereocenters. The number of carboxylic acid groups (broad SMARTS) is 1. The fraction of sp³-hybridized carbons (Fsp3) is 0.133. The minimum Gasteiger partial charge on any atom is -0.479 e. The number of benzene rings is 1. The van der Waals surface area contributed by atoms with Gasteiger partial charge in [-0.05, 0) is 24.6 Å². The number of nitrogens with zero attached hydrogens (tertiary/aromatic N) is 1. The fourth-order valence-corrected chi connectivity index (χ4v) is 1.96. The van der Waals surface area contributed by atoms with Crippen molar-refractivity contribution in [3.63, 3.8) is 0 Å². The topological polar surface area (TPSA) is 105 Å². The van der Waals surface area contributed by atoms with Crippen LogP contribution in [-0.2, 0) is 10.3 Å². The van der Waals surface area contributed by atoms with Crippen LogP contribution in [0, 0.1) is 0 Å². The van der Waals surface area contributed by atoms with Crippen molar-refractivity contribution in [3.05, 3.63) is 59.8 Å². The van der Waals surface area contributed by atoms with Crippen LogP contribution in [0.3, 0.4) is 0 Å². The van der Waals surface area contributed by atoms with Crippen LogP contribution in [0.25, 0.3) is 0 Å². The van der Waals surface area contributed by atoms with Crippen molar-refractivity contribution in [1.29, 1.82) is 0 Å². The Bertz CT molecular complexity index is 673. The number of pyridine rings is 1. The molecule has 1 unspecified atom stereocenters. The van der Waals surface area contributed by atoms with E-state index in [1.807, 2.05) is 0 Å². The largest absolute Gasteiger partial charge is 0.479 e. The van der Waals surface area contributed by atoms with Crippen LogP contribution in [0.2, 0.25) is 0 Å². The van der Waals surface area contributed by atoms with Gasteiger partial charge >= 0.3 is 5.97 Å². The van der Waals surface area contributed by atoms with Gasteiger partial charge in [-0.1, -0.05) is 30.3 Å². The van der Waals surface area contributed by atoms with Gasteiger partial charge in [0, 0.05) is 6.20 Å². The lowest BCUT2D eigenvalue weighted by molar-refractivity contribution is -0.142. The zero-order valence-electron chi connectivity index (χ0n) is 11.4. The van der Waals surface area contributed by atoms with Gasteiger partial charge in [-0.3, -0.25) is 4.79 Å². The lowest BCUT2D eigenvalue weighted by atomic mass is 9.92. The van der Waals surface area contributed by atoms with E-state index in [4.69, 9.17) is 5.73 Å². The Morgan fingerprint density at radius 2 is 1.86 bits per heavy atom. The van der Waals surface area contributed by atoms with Gasteiger partial charge in [-0.15, -0.1) is 0 Å². The van der Waals surface area contributed by atoms with Crippen molar-refractivity contribution in [2.75, 3.05) is 5.32 Å². The molecule has 6 nitrogen and oxygen atoms in total. The minimum absolute atomic E-state index is 0.138. The highest BCUT2D eigenvalue weighted by molar-refractivity contribution is 5.98. The number of carbonyl (C=O) groups excluding carboxylic acids is 1. The summed E-state index contributed by atoms with van der Waals surface area (Å²) in [6, 6.07) is 11.7. The number of nitrogens with one attached hydrogen (secondary N) is 1. The minimum atomic E-state index is -1.43. The van der Waals surface area contributed by atoms with Gasteiger partial charge in [0.1, 0.15) is 5.82 Å². The quantitative estimate of drug-likeness (QED) is 0.773. The number of rotatable bonds is 5. The molecule has 4 N–H and O–H groups in total. The zero-order chi connectivity index (χ0) is 15.5. The standard InChI is InChI=1S/C15H15N3O3/c1-15(14(20)21,10-6-3-2-4-7-10)18-13-11(12(16)19)8-5-9-17-13/h2-9H,1H3,(H2,16,19)(H,17,18)(H,20,21). The molecule has 2 aromatic rings. The molecule has 0 radical (unpaired) electrons. The highest BCUT2D eigenvalue weighted by Crippen LogP contribution is 2.27. The average Bonchev–Trinajstić information content (AvgIpc) is 2.48. The molecular formula is C15H15N3O3. The van der Waals surface area contributed by atoms with Crippen molar-refractivity contribution in [3.8, 4) is 0 Å². The molecule has 0 aliphatic carbocycles. The van der Waals surface area contributed by atoms with Crippen molar-refractivity contribution < 1.29 is 14.7 Å². The Kier molecular flexibility index (Phi) is 3.89. The van der Waals surface area contributed by atoms with E-state index in [0.717, 1.165) is 0 Å². The van der Waals surface area contributed by atoms with Gasteiger partial charge in [-0.25, -0.2) is 9.78 Å². The molecule has 21 heavy (non-hydrogen) atoms. The molecule has 108 valence electrons. The molecule has 6 heteroatoms. The molecule has 1 amide bonds. The second-order valence-corrected chi connectivity index (χ2v) is 4.68. The van der Waals surface area contributed by atoms with E-state index < -0.39 is 17.4 Å². The first-order valence-electron chi connectivity index (χ1n) is 6.27. The number of carboxylic acids is 1. The summed E-state index contributed by atoms with van der Waals surface area (Å²) in [5.41, 5.74) is 4.53. The predicted molar refractivity (Wildman–Crippen MR) is 77.8 cm³/mol. The highest BCUT2D eigenvalue weighted by atomic mass is 16.4. The Labute approximate surface area is 121 Å². The summed E-state index contributed by atoms with van der Waals surface area (Å²) in [7, 11) is 0. The van der Waals surface area contributed by atoms with Crippen molar-refractivity contribution in [1.82, 2.24) is 4.98 Å². The van der Waals surface area contributed by atoms with Crippen LogP contribution >= 0.6 is 0 Å². The molecule has 0 saturated heterocycles. The molecule has 1 heterocycles. The normalized spacial score (nSPS) is 13.2. The van der Waals surface area contributed by atoms with Crippen LogP contribution in [0.15, 0.2) is 48.7 Å². The second kappa shape index (κ2) is 5.62. The second-order valence-electron chi connectivity index (χ2n) is 4.68. The lowest BCUT2D eigenvalue weighted by Crippen LogP contribution is -2.41. The monoisotopic (exact) mass is 285 g/mol. The molecule has 0 fully saturated rings. The Morgan fingerprint density at radius 3 is 2.43 bits per heavy atom. The first-order chi connectivity index (χ1) is 9.95. The molecule has 0 spiro atoms. The van der Waals surface area contributed by atoms with Crippen LogP contribution in [0.4, 0.5) is 5.82 Å². The zero-order valence-corrected chi connectivity index (χ0v) is 11.4. The maximum Gasteiger partial charge on any atom is 0.333 e. The lowest BCUT2D eigenvalue weighted by Gasteiger charge is -2.28. The summed E-state index contributed by atoms with van der Waals surface area (Å²) >= 11 is 0. The average molecular weight is 285 g/mol. The van der Waals surface area contributed by atoms with Gasteiger partial charge in [0.15, 0.2) is 5.54 Å². The number of nitrogens with two attached hydrogens (primary N) is 1.